The Balaban J connectivity index is 0.000000318. The zero-order valence-corrected chi connectivity index (χ0v) is 16.1. The number of amides is 1. The average Bonchev–Trinajstić information content (AvgIpc) is 3.34. The molecule has 3 aliphatic rings. The van der Waals surface area contributed by atoms with Crippen molar-refractivity contribution >= 4 is 17.8 Å². The summed E-state index contributed by atoms with van der Waals surface area (Å²) in [4.78, 5) is 33.2. The molecule has 0 aromatic carbocycles. The predicted octanol–water partition coefficient (Wildman–Crippen LogP) is 1.34. The first kappa shape index (κ1) is 22.1. The number of carboxylic acids is 1. The molecule has 1 unspecified atom stereocenters. The van der Waals surface area contributed by atoms with E-state index in [1.807, 2.05) is 6.07 Å². The third-order valence-corrected chi connectivity index (χ3v) is 5.47. The number of ether oxygens (including phenoxy) is 1. The summed E-state index contributed by atoms with van der Waals surface area (Å²) in [5, 5.41) is 20.2. The van der Waals surface area contributed by atoms with Crippen LogP contribution >= 0.6 is 0 Å². The molecule has 0 bridgehead atoms. The van der Waals surface area contributed by atoms with Crippen LogP contribution in [-0.2, 0) is 14.3 Å². The van der Waals surface area contributed by atoms with Crippen LogP contribution in [0.25, 0.3) is 0 Å². The number of aliphatic carboxylic acids is 1. The van der Waals surface area contributed by atoms with Gasteiger partial charge in [-0.15, -0.1) is 0 Å². The molecule has 1 aromatic rings. The molecule has 1 aromatic heterocycles. The van der Waals surface area contributed by atoms with E-state index in [1.165, 1.54) is 0 Å². The Labute approximate surface area is 169 Å². The summed E-state index contributed by atoms with van der Waals surface area (Å²) in [6, 6.07) is 1.82. The Morgan fingerprint density at radius 2 is 1.93 bits per heavy atom. The summed E-state index contributed by atoms with van der Waals surface area (Å²) >= 11 is 0. The molecule has 2 aliphatic heterocycles. The van der Waals surface area contributed by atoms with Crippen molar-refractivity contribution in [3.05, 3.63) is 17.5 Å². The van der Waals surface area contributed by atoms with E-state index in [4.69, 9.17) is 14.6 Å². The minimum absolute atomic E-state index is 0.103. The zero-order valence-electron chi connectivity index (χ0n) is 16.1. The summed E-state index contributed by atoms with van der Waals surface area (Å²) in [5.41, 5.74) is 1.11. The molecular weight excluding hydrogens is 409 g/mol. The number of carbonyl (C=O) groups is 3. The third kappa shape index (κ3) is 5.29. The quantitative estimate of drug-likeness (QED) is 0.528. The fraction of sp³-hybridized carbons (Fsp3) is 0.667. The van der Waals surface area contributed by atoms with Crippen LogP contribution in [0.5, 0.6) is 0 Å². The van der Waals surface area contributed by atoms with Crippen LogP contribution in [-0.4, -0.2) is 65.1 Å². The van der Waals surface area contributed by atoms with Gasteiger partial charge in [-0.1, -0.05) is 0 Å². The van der Waals surface area contributed by atoms with Gasteiger partial charge in [0.15, 0.2) is 0 Å². The summed E-state index contributed by atoms with van der Waals surface area (Å²) < 4.78 is 37.2. The highest BCUT2D eigenvalue weighted by Crippen LogP contribution is 2.41. The highest BCUT2D eigenvalue weighted by molar-refractivity contribution is 5.92. The number of nitrogens with one attached hydrogen (secondary N) is 3. The van der Waals surface area contributed by atoms with Gasteiger partial charge in [-0.3, -0.25) is 14.7 Å². The van der Waals surface area contributed by atoms with Crippen molar-refractivity contribution in [2.24, 2.45) is 5.41 Å². The van der Waals surface area contributed by atoms with Crippen LogP contribution < -0.4 is 10.6 Å². The molecule has 4 N–H and O–H groups in total. The molecular formula is C18H23F3N4O5. The first-order chi connectivity index (χ1) is 14.1. The maximum Gasteiger partial charge on any atom is 0.490 e. The van der Waals surface area contributed by atoms with E-state index in [0.29, 0.717) is 24.6 Å². The van der Waals surface area contributed by atoms with Crippen molar-refractivity contribution in [1.82, 2.24) is 20.8 Å². The number of carbonyl (C=O) groups excluding carboxylic acids is 2. The Morgan fingerprint density at radius 1 is 1.30 bits per heavy atom. The number of nitrogens with zero attached hydrogens (tertiary/aromatic N) is 1. The Hall–Kier alpha value is -2.63. The predicted molar refractivity (Wildman–Crippen MR) is 95.6 cm³/mol. The van der Waals surface area contributed by atoms with Gasteiger partial charge in [-0.25, -0.2) is 4.79 Å². The second-order valence-corrected chi connectivity index (χ2v) is 7.76. The second kappa shape index (κ2) is 8.62. The minimum atomic E-state index is -5.08. The van der Waals surface area contributed by atoms with Crippen LogP contribution in [0.3, 0.4) is 0 Å². The van der Waals surface area contributed by atoms with Gasteiger partial charge in [0.1, 0.15) is 11.8 Å². The first-order valence-electron chi connectivity index (χ1n) is 9.66. The lowest BCUT2D eigenvalue weighted by molar-refractivity contribution is -0.192. The van der Waals surface area contributed by atoms with Crippen LogP contribution in [0, 0.1) is 5.41 Å². The number of alkyl halides is 3. The van der Waals surface area contributed by atoms with E-state index in [2.05, 4.69) is 20.8 Å². The van der Waals surface area contributed by atoms with Crippen molar-refractivity contribution in [2.75, 3.05) is 19.6 Å². The van der Waals surface area contributed by atoms with Gasteiger partial charge in [0, 0.05) is 18.0 Å². The molecule has 1 spiro atoms. The summed E-state index contributed by atoms with van der Waals surface area (Å²) in [7, 11) is 0. The Kier molecular flexibility index (Phi) is 6.34. The molecule has 1 atom stereocenters. The van der Waals surface area contributed by atoms with E-state index < -0.39 is 12.1 Å². The van der Waals surface area contributed by atoms with Gasteiger partial charge in [-0.05, 0) is 44.8 Å². The molecule has 12 heteroatoms. The monoisotopic (exact) mass is 432 g/mol. The lowest BCUT2D eigenvalue weighted by Crippen LogP contribution is -2.39. The summed E-state index contributed by atoms with van der Waals surface area (Å²) in [6.45, 7) is 2.06. The summed E-state index contributed by atoms with van der Waals surface area (Å²) in [6.07, 6.45) is -0.648. The Bertz CT molecular complexity index is 800. The molecule has 3 heterocycles. The Morgan fingerprint density at radius 3 is 2.50 bits per heavy atom. The molecule has 166 valence electrons. The largest absolute Gasteiger partial charge is 0.490 e. The standard InChI is InChI=1S/C16H22N4O3.C2HF3O2/c21-14(13-7-12(19-20-13)10-1-2-10)18-9-11-8-16(15(22)23-11)3-5-17-6-4-16;3-2(4,5)1(6)7/h7,10-11,17H,1-6,8-9H2,(H,18,21)(H,19,20);(H,6,7). The molecule has 1 saturated carbocycles. The van der Waals surface area contributed by atoms with Gasteiger partial charge >= 0.3 is 18.1 Å². The van der Waals surface area contributed by atoms with E-state index in [1.54, 1.807) is 0 Å². The van der Waals surface area contributed by atoms with Gasteiger partial charge in [0.05, 0.1) is 12.0 Å². The average molecular weight is 432 g/mol. The van der Waals surface area contributed by atoms with Crippen LogP contribution in [0.4, 0.5) is 13.2 Å². The maximum absolute atomic E-state index is 12.2. The number of esters is 1. The number of H-pyrrole nitrogens is 1. The van der Waals surface area contributed by atoms with Gasteiger partial charge < -0.3 is 20.5 Å². The van der Waals surface area contributed by atoms with E-state index >= 15 is 0 Å². The molecule has 1 aliphatic carbocycles. The molecule has 30 heavy (non-hydrogen) atoms. The molecule has 9 nitrogen and oxygen atoms in total. The fourth-order valence-electron chi connectivity index (χ4n) is 3.62. The van der Waals surface area contributed by atoms with Crippen molar-refractivity contribution in [2.45, 2.75) is 50.3 Å². The van der Waals surface area contributed by atoms with E-state index in [9.17, 15) is 22.8 Å². The normalized spacial score (nSPS) is 22.8. The topological polar surface area (TPSA) is 133 Å². The molecule has 2 saturated heterocycles. The molecule has 0 radical (unpaired) electrons. The van der Waals surface area contributed by atoms with Crippen molar-refractivity contribution in [1.29, 1.82) is 0 Å². The smallest absolute Gasteiger partial charge is 0.475 e. The summed E-state index contributed by atoms with van der Waals surface area (Å²) in [5.74, 6) is -2.53. The highest BCUT2D eigenvalue weighted by Gasteiger charge is 2.49. The van der Waals surface area contributed by atoms with Crippen LogP contribution in [0.1, 0.15) is 54.2 Å². The number of piperidine rings is 1. The second-order valence-electron chi connectivity index (χ2n) is 7.76. The lowest BCUT2D eigenvalue weighted by atomic mass is 9.76. The number of carboxylic acid groups (broad SMARTS) is 1. The number of cyclic esters (lactones) is 1. The number of aromatic amines is 1. The van der Waals surface area contributed by atoms with Crippen molar-refractivity contribution < 1.29 is 37.4 Å². The van der Waals surface area contributed by atoms with E-state index in [0.717, 1.165) is 44.5 Å². The number of hydrogen-bond donors (Lipinski definition) is 4. The molecule has 4 rings (SSSR count). The first-order valence-corrected chi connectivity index (χ1v) is 9.66. The van der Waals surface area contributed by atoms with E-state index in [-0.39, 0.29) is 23.4 Å². The lowest BCUT2D eigenvalue weighted by Gasteiger charge is -2.29. The fourth-order valence-corrected chi connectivity index (χ4v) is 3.62. The van der Waals surface area contributed by atoms with Crippen molar-refractivity contribution in [3.63, 3.8) is 0 Å². The number of rotatable bonds is 4. The van der Waals surface area contributed by atoms with Gasteiger partial charge in [-0.2, -0.15) is 18.3 Å². The number of aromatic nitrogens is 2. The SMILES string of the molecule is O=C(NCC1CC2(CCNCC2)C(=O)O1)c1cc(C2CC2)[nH]n1.O=C(O)C(F)(F)F. The van der Waals surface area contributed by atoms with Crippen molar-refractivity contribution in [3.8, 4) is 0 Å². The van der Waals surface area contributed by atoms with Crippen LogP contribution in [0.2, 0.25) is 0 Å². The zero-order chi connectivity index (χ0) is 21.9. The van der Waals surface area contributed by atoms with Crippen LogP contribution in [0.15, 0.2) is 6.07 Å². The number of hydrogen-bond acceptors (Lipinski definition) is 6. The third-order valence-electron chi connectivity index (χ3n) is 5.47. The van der Waals surface area contributed by atoms with Gasteiger partial charge in [0.25, 0.3) is 5.91 Å². The minimum Gasteiger partial charge on any atom is -0.475 e. The molecule has 3 fully saturated rings. The van der Waals surface area contributed by atoms with Gasteiger partial charge in [0.2, 0.25) is 0 Å². The highest BCUT2D eigenvalue weighted by atomic mass is 19.4. The molecule has 1 amide bonds. The maximum atomic E-state index is 12.2. The number of halogens is 3.